The van der Waals surface area contributed by atoms with Crippen molar-refractivity contribution in [3.63, 3.8) is 0 Å². The van der Waals surface area contributed by atoms with Gasteiger partial charge in [0, 0.05) is 16.9 Å². The average Bonchev–Trinajstić information content (AvgIpc) is 3.19. The molecule has 0 unspecified atom stereocenters. The number of carbonyl (C=O) groups is 2. The van der Waals surface area contributed by atoms with Crippen LogP contribution >= 0.6 is 11.3 Å². The van der Waals surface area contributed by atoms with Crippen LogP contribution < -0.4 is 4.57 Å². The Balaban J connectivity index is 1.70. The fourth-order valence-electron chi connectivity index (χ4n) is 4.18. The largest absolute Gasteiger partial charge is 0.477 e. The molecule has 4 atom stereocenters. The highest BCUT2D eigenvalue weighted by Gasteiger charge is 2.60. The van der Waals surface area contributed by atoms with E-state index in [-0.39, 0.29) is 30.2 Å². The van der Waals surface area contributed by atoms with Crippen LogP contribution in [0.4, 0.5) is 0 Å². The normalized spacial score (nSPS) is 26.4. The molecule has 1 amide bonds. The molecule has 138 valence electrons. The van der Waals surface area contributed by atoms with Gasteiger partial charge in [0.1, 0.15) is 30.7 Å². The first-order chi connectivity index (χ1) is 12.3. The lowest BCUT2D eigenvalue weighted by molar-refractivity contribution is -0.688. The zero-order valence-electron chi connectivity index (χ0n) is 14.4. The summed E-state index contributed by atoms with van der Waals surface area (Å²) < 4.78 is 3.73. The highest BCUT2D eigenvalue weighted by atomic mass is 32.1. The predicted octanol–water partition coefficient (Wildman–Crippen LogP) is -0.0232. The average molecular weight is 378 g/mol. The van der Waals surface area contributed by atoms with Crippen LogP contribution in [-0.4, -0.2) is 48.6 Å². The highest BCUT2D eigenvalue weighted by molar-refractivity contribution is 7.15. The van der Waals surface area contributed by atoms with E-state index in [1.54, 1.807) is 6.92 Å². The molecular formula is C17H20N3O5S+. The molecule has 0 radical (unpaired) electrons. The van der Waals surface area contributed by atoms with Crippen molar-refractivity contribution in [2.75, 3.05) is 0 Å². The number of aliphatic carboxylic acids is 1. The Morgan fingerprint density at radius 3 is 2.81 bits per heavy atom. The minimum absolute atomic E-state index is 0.0360. The standard InChI is InChI=1S/C17H19N3O5S/c1-8-11(3-18-4-12-19(7-18)10(5-21)6-26-12)15(17(24)25)20-14(8)13(9(2)22)16(20)23/h4,6-9,13-14,21-22H,3,5H2,1-2H3/p+1/t8-,9+,13+,14+/m0/s1. The number of hydrogen-bond acceptors (Lipinski definition) is 5. The molecule has 9 heteroatoms. The molecule has 2 aliphatic heterocycles. The summed E-state index contributed by atoms with van der Waals surface area (Å²) in [6, 6.07) is -0.305. The Morgan fingerprint density at radius 1 is 1.46 bits per heavy atom. The van der Waals surface area contributed by atoms with Crippen LogP contribution in [0.15, 0.2) is 29.2 Å². The van der Waals surface area contributed by atoms with Gasteiger partial charge in [0.2, 0.25) is 17.1 Å². The molecule has 4 heterocycles. The van der Waals surface area contributed by atoms with Crippen molar-refractivity contribution in [2.24, 2.45) is 11.8 Å². The van der Waals surface area contributed by atoms with E-state index in [9.17, 15) is 24.9 Å². The Morgan fingerprint density at radius 2 is 2.19 bits per heavy atom. The quantitative estimate of drug-likeness (QED) is 0.501. The Kier molecular flexibility index (Phi) is 3.90. The van der Waals surface area contributed by atoms with Crippen LogP contribution in [-0.2, 0) is 22.7 Å². The van der Waals surface area contributed by atoms with Crippen molar-refractivity contribution in [3.8, 4) is 0 Å². The van der Waals surface area contributed by atoms with E-state index in [0.717, 1.165) is 10.5 Å². The summed E-state index contributed by atoms with van der Waals surface area (Å²) in [5.41, 5.74) is 1.48. The van der Waals surface area contributed by atoms with Crippen LogP contribution in [0, 0.1) is 11.8 Å². The molecule has 8 nitrogen and oxygen atoms in total. The van der Waals surface area contributed by atoms with Gasteiger partial charge in [0.05, 0.1) is 18.1 Å². The van der Waals surface area contributed by atoms with Gasteiger partial charge in [0.15, 0.2) is 0 Å². The topological polar surface area (TPSA) is 106 Å². The molecule has 1 fully saturated rings. The number of nitrogens with zero attached hydrogens (tertiary/aromatic N) is 3. The number of carboxylic acid groups (broad SMARTS) is 1. The zero-order chi connectivity index (χ0) is 18.7. The predicted molar refractivity (Wildman–Crippen MR) is 91.0 cm³/mol. The second kappa shape index (κ2) is 5.90. The van der Waals surface area contributed by atoms with Gasteiger partial charge in [-0.25, -0.2) is 9.36 Å². The summed E-state index contributed by atoms with van der Waals surface area (Å²) in [6.07, 6.45) is 2.91. The van der Waals surface area contributed by atoms with Crippen LogP contribution in [0.25, 0.3) is 4.83 Å². The van der Waals surface area contributed by atoms with Gasteiger partial charge in [-0.1, -0.05) is 18.3 Å². The molecular weight excluding hydrogens is 358 g/mol. The molecule has 1 saturated heterocycles. The van der Waals surface area contributed by atoms with Crippen LogP contribution in [0.2, 0.25) is 0 Å². The number of aliphatic hydroxyl groups is 2. The maximum Gasteiger partial charge on any atom is 0.352 e. The zero-order valence-corrected chi connectivity index (χ0v) is 15.2. The first-order valence-corrected chi connectivity index (χ1v) is 9.29. The number of aliphatic hydroxyl groups excluding tert-OH is 2. The molecule has 3 N–H and O–H groups in total. The molecule has 0 bridgehead atoms. The van der Waals surface area contributed by atoms with Crippen molar-refractivity contribution >= 4 is 28.0 Å². The summed E-state index contributed by atoms with van der Waals surface area (Å²) in [5.74, 6) is -2.15. The minimum Gasteiger partial charge on any atom is -0.477 e. The highest BCUT2D eigenvalue weighted by Crippen LogP contribution is 2.47. The van der Waals surface area contributed by atoms with Crippen LogP contribution in [0.5, 0.6) is 0 Å². The number of rotatable bonds is 5. The van der Waals surface area contributed by atoms with Gasteiger partial charge in [0.25, 0.3) is 0 Å². The Hall–Kier alpha value is -2.23. The van der Waals surface area contributed by atoms with Gasteiger partial charge in [-0.2, -0.15) is 4.40 Å². The summed E-state index contributed by atoms with van der Waals surface area (Å²) in [6.45, 7) is 3.74. The van der Waals surface area contributed by atoms with Crippen LogP contribution in [0.1, 0.15) is 19.5 Å². The second-order valence-corrected chi connectivity index (χ2v) is 7.83. The van der Waals surface area contributed by atoms with E-state index in [2.05, 4.69) is 0 Å². The van der Waals surface area contributed by atoms with Gasteiger partial charge < -0.3 is 20.2 Å². The number of amides is 1. The lowest BCUT2D eigenvalue weighted by Crippen LogP contribution is -2.63. The monoisotopic (exact) mass is 378 g/mol. The smallest absolute Gasteiger partial charge is 0.352 e. The Bertz CT molecular complexity index is 943. The van der Waals surface area contributed by atoms with Crippen molar-refractivity contribution in [2.45, 2.75) is 39.1 Å². The number of β-lactam (4-membered cyclic amide) rings is 1. The summed E-state index contributed by atoms with van der Waals surface area (Å²) in [5, 5.41) is 30.8. The lowest BCUT2D eigenvalue weighted by atomic mass is 9.78. The number of imidazole rings is 1. The number of carboxylic acids is 1. The Labute approximate surface area is 153 Å². The molecule has 2 aromatic rings. The number of fused-ring (bicyclic) bond motifs is 2. The van der Waals surface area contributed by atoms with E-state index in [4.69, 9.17) is 0 Å². The van der Waals surface area contributed by atoms with Crippen molar-refractivity contribution < 1.29 is 29.5 Å². The van der Waals surface area contributed by atoms with E-state index >= 15 is 0 Å². The van der Waals surface area contributed by atoms with Gasteiger partial charge in [-0.05, 0) is 6.92 Å². The van der Waals surface area contributed by atoms with E-state index in [0.29, 0.717) is 12.1 Å². The SMILES string of the molecule is C[C@@H](O)[C@H]1C(=O)N2C(C(=O)O)=C(C[n+]3cc4scc(CO)n4c3)[C@H](C)[C@H]12. The number of aromatic nitrogens is 2. The van der Waals surface area contributed by atoms with Crippen molar-refractivity contribution in [1.29, 1.82) is 0 Å². The maximum absolute atomic E-state index is 12.4. The molecule has 26 heavy (non-hydrogen) atoms. The molecule has 0 saturated carbocycles. The minimum atomic E-state index is -1.12. The van der Waals surface area contributed by atoms with Gasteiger partial charge >= 0.3 is 5.97 Å². The molecule has 2 aliphatic rings. The summed E-state index contributed by atoms with van der Waals surface area (Å²) in [7, 11) is 0. The van der Waals surface area contributed by atoms with E-state index in [1.165, 1.54) is 16.2 Å². The van der Waals surface area contributed by atoms with Crippen molar-refractivity contribution in [3.05, 3.63) is 34.9 Å². The van der Waals surface area contributed by atoms with E-state index < -0.39 is 18.0 Å². The summed E-state index contributed by atoms with van der Waals surface area (Å²) >= 11 is 1.50. The maximum atomic E-state index is 12.4. The molecule has 0 aliphatic carbocycles. The van der Waals surface area contributed by atoms with Gasteiger partial charge in [-0.3, -0.25) is 4.79 Å². The molecule has 2 aromatic heterocycles. The number of thiazole rings is 1. The molecule has 0 aromatic carbocycles. The molecule has 0 spiro atoms. The fraction of sp³-hybridized carbons (Fsp3) is 0.471. The number of hydrogen-bond donors (Lipinski definition) is 3. The lowest BCUT2D eigenvalue weighted by Gasteiger charge is -2.46. The first kappa shape index (κ1) is 17.2. The van der Waals surface area contributed by atoms with Crippen LogP contribution in [0.3, 0.4) is 0 Å². The first-order valence-electron chi connectivity index (χ1n) is 8.41. The third kappa shape index (κ3) is 2.24. The van der Waals surface area contributed by atoms with Crippen molar-refractivity contribution in [1.82, 2.24) is 9.30 Å². The van der Waals surface area contributed by atoms with E-state index in [1.807, 2.05) is 33.8 Å². The van der Waals surface area contributed by atoms with Gasteiger partial charge in [-0.15, -0.1) is 0 Å². The summed E-state index contributed by atoms with van der Waals surface area (Å²) in [4.78, 5) is 26.5. The third-order valence-corrected chi connectivity index (χ3v) is 6.37. The second-order valence-electron chi connectivity index (χ2n) is 6.94. The fourth-order valence-corrected chi connectivity index (χ4v) is 5.10. The number of carbonyl (C=O) groups excluding carboxylic acids is 1. The third-order valence-electron chi connectivity index (χ3n) is 5.44. The molecule has 4 rings (SSSR count).